The third-order valence-corrected chi connectivity index (χ3v) is 5.66. The molecule has 1 aromatic heterocycles. The van der Waals surface area contributed by atoms with E-state index in [0.29, 0.717) is 40.2 Å². The summed E-state index contributed by atoms with van der Waals surface area (Å²) in [5, 5.41) is 17.7. The average Bonchev–Trinajstić information content (AvgIpc) is 3.11. The zero-order valence-corrected chi connectivity index (χ0v) is 20.5. The van der Waals surface area contributed by atoms with Gasteiger partial charge in [-0.05, 0) is 45.6 Å². The zero-order chi connectivity index (χ0) is 25.1. The van der Waals surface area contributed by atoms with Gasteiger partial charge in [-0.2, -0.15) is 5.26 Å². The predicted molar refractivity (Wildman–Crippen MR) is 135 cm³/mol. The van der Waals surface area contributed by atoms with Gasteiger partial charge in [-0.1, -0.05) is 35.8 Å². The van der Waals surface area contributed by atoms with Gasteiger partial charge in [0, 0.05) is 30.7 Å². The molecule has 9 nitrogen and oxygen atoms in total. The Morgan fingerprint density at radius 3 is 2.62 bits per heavy atom. The maximum atomic E-state index is 12.7. The summed E-state index contributed by atoms with van der Waals surface area (Å²) in [6, 6.07) is 9.00. The number of thiazole rings is 1. The molecule has 178 valence electrons. The maximum absolute atomic E-state index is 12.7. The predicted octanol–water partition coefficient (Wildman–Crippen LogP) is 0.791. The lowest BCUT2D eigenvalue weighted by Gasteiger charge is -2.13. The van der Waals surface area contributed by atoms with Crippen LogP contribution in [0.2, 0.25) is 0 Å². The second-order valence-corrected chi connectivity index (χ2v) is 8.15. The zero-order valence-electron chi connectivity index (χ0n) is 19.7. The average molecular weight is 481 g/mol. The van der Waals surface area contributed by atoms with Gasteiger partial charge >= 0.3 is 0 Å². The van der Waals surface area contributed by atoms with Crippen molar-refractivity contribution in [3.63, 3.8) is 0 Å². The van der Waals surface area contributed by atoms with Crippen molar-refractivity contribution in [1.29, 1.82) is 5.26 Å². The van der Waals surface area contributed by atoms with Crippen LogP contribution in [-0.2, 0) is 16.1 Å². The molecular formula is C24H28N6O3S. The van der Waals surface area contributed by atoms with Crippen LogP contribution in [0.3, 0.4) is 0 Å². The summed E-state index contributed by atoms with van der Waals surface area (Å²) in [6.45, 7) is 7.33. The number of nitrogens with zero attached hydrogens (tertiary/aromatic N) is 3. The Hall–Kier alpha value is -3.86. The van der Waals surface area contributed by atoms with Crippen molar-refractivity contribution >= 4 is 46.0 Å². The number of rotatable bonds is 9. The summed E-state index contributed by atoms with van der Waals surface area (Å²) in [7, 11) is 1.87. The van der Waals surface area contributed by atoms with Crippen LogP contribution in [0.4, 0.5) is 11.4 Å². The van der Waals surface area contributed by atoms with Crippen LogP contribution in [-0.4, -0.2) is 48.0 Å². The van der Waals surface area contributed by atoms with Gasteiger partial charge < -0.3 is 16.0 Å². The summed E-state index contributed by atoms with van der Waals surface area (Å²) < 4.78 is 2.10. The number of nitriles is 1. The van der Waals surface area contributed by atoms with Crippen molar-refractivity contribution < 1.29 is 9.59 Å². The lowest BCUT2D eigenvalue weighted by molar-refractivity contribution is -0.117. The second-order valence-electron chi connectivity index (χ2n) is 7.15. The SMILES string of the molecule is CCNC(=O)C(=C=c1sc(=C=CNc2cccc(NC(=O)CN(C)CC)c2)c(=O)n1CC)C#N. The van der Waals surface area contributed by atoms with Crippen molar-refractivity contribution in [2.75, 3.05) is 37.3 Å². The van der Waals surface area contributed by atoms with Crippen LogP contribution in [0.25, 0.3) is 11.5 Å². The quantitative estimate of drug-likeness (QED) is 0.361. The summed E-state index contributed by atoms with van der Waals surface area (Å²) >= 11 is 1.09. The number of amides is 2. The van der Waals surface area contributed by atoms with Gasteiger partial charge in [0.15, 0.2) is 5.57 Å². The molecule has 2 rings (SSSR count). The van der Waals surface area contributed by atoms with E-state index in [4.69, 9.17) is 0 Å². The highest BCUT2D eigenvalue weighted by Gasteiger charge is 2.08. The first-order valence-electron chi connectivity index (χ1n) is 10.8. The molecule has 0 saturated heterocycles. The van der Waals surface area contributed by atoms with E-state index in [1.54, 1.807) is 32.0 Å². The molecule has 0 spiro atoms. The van der Waals surface area contributed by atoms with Gasteiger partial charge in [0.1, 0.15) is 15.3 Å². The standard InChI is InChI=1S/C24H28N6O3S/c1-5-26-23(32)17(15-25)13-22-30(7-3)24(33)20(34-22)11-12-27-18-9-8-10-19(14-18)28-21(31)16-29(4)6-2/h8-10,12,14,27H,5-7,16H2,1-4H3,(H,26,32)(H,28,31). The smallest absolute Gasteiger partial charge is 0.277 e. The van der Waals surface area contributed by atoms with Crippen LogP contribution in [0.1, 0.15) is 20.8 Å². The number of nitrogens with one attached hydrogen (secondary N) is 3. The Morgan fingerprint density at radius 1 is 1.24 bits per heavy atom. The first-order valence-corrected chi connectivity index (χ1v) is 11.6. The molecule has 0 fully saturated rings. The molecule has 1 aromatic carbocycles. The van der Waals surface area contributed by atoms with Crippen LogP contribution < -0.4 is 30.7 Å². The van der Waals surface area contributed by atoms with Gasteiger partial charge in [-0.3, -0.25) is 23.9 Å². The van der Waals surface area contributed by atoms with E-state index in [1.165, 1.54) is 10.8 Å². The molecule has 0 bridgehead atoms. The Kier molecular flexibility index (Phi) is 10.1. The van der Waals surface area contributed by atoms with Crippen molar-refractivity contribution in [3.05, 3.63) is 55.6 Å². The molecular weight excluding hydrogens is 452 g/mol. The molecule has 3 N–H and O–H groups in total. The highest BCUT2D eigenvalue weighted by Crippen LogP contribution is 2.14. The Bertz CT molecular complexity index is 1340. The van der Waals surface area contributed by atoms with Crippen molar-refractivity contribution in [2.24, 2.45) is 0 Å². The van der Waals surface area contributed by atoms with Gasteiger partial charge in [0.2, 0.25) is 5.91 Å². The molecule has 10 heteroatoms. The lowest BCUT2D eigenvalue weighted by atomic mass is 10.2. The summed E-state index contributed by atoms with van der Waals surface area (Å²) in [6.07, 6.45) is 1.50. The molecule has 34 heavy (non-hydrogen) atoms. The molecule has 0 aliphatic heterocycles. The van der Waals surface area contributed by atoms with E-state index in [-0.39, 0.29) is 17.0 Å². The van der Waals surface area contributed by atoms with E-state index >= 15 is 0 Å². The van der Waals surface area contributed by atoms with Gasteiger partial charge in [0.05, 0.1) is 6.54 Å². The Labute approximate surface area is 202 Å². The number of aromatic nitrogens is 1. The van der Waals surface area contributed by atoms with E-state index in [0.717, 1.165) is 17.9 Å². The topological polar surface area (TPSA) is 119 Å². The molecule has 2 aromatic rings. The largest absolute Gasteiger partial charge is 0.355 e. The monoisotopic (exact) mass is 480 g/mol. The number of anilines is 2. The number of likely N-dealkylation sites (N-methyl/N-ethyl adjacent to an activating group) is 2. The molecule has 0 aliphatic carbocycles. The first-order chi connectivity index (χ1) is 16.3. The summed E-state index contributed by atoms with van der Waals surface area (Å²) in [5.41, 5.74) is 6.54. The number of benzene rings is 1. The summed E-state index contributed by atoms with van der Waals surface area (Å²) in [5.74, 6) is -0.645. The number of carbonyl (C=O) groups excluding carboxylic acids is 2. The van der Waals surface area contributed by atoms with Crippen molar-refractivity contribution in [1.82, 2.24) is 14.8 Å². The highest BCUT2D eigenvalue weighted by atomic mass is 32.1. The van der Waals surface area contributed by atoms with Crippen LogP contribution in [0, 0.1) is 11.3 Å². The minimum absolute atomic E-state index is 0.108. The fourth-order valence-corrected chi connectivity index (χ4v) is 3.79. The van der Waals surface area contributed by atoms with Crippen LogP contribution in [0.15, 0.2) is 40.8 Å². The molecule has 2 amide bonds. The first kappa shape index (κ1) is 26.4. The molecule has 0 saturated carbocycles. The Balaban J connectivity index is 2.35. The third kappa shape index (κ3) is 7.34. The number of hydrogen-bond acceptors (Lipinski definition) is 7. The van der Waals surface area contributed by atoms with Gasteiger partial charge in [-0.25, -0.2) is 0 Å². The van der Waals surface area contributed by atoms with Crippen molar-refractivity contribution in [2.45, 2.75) is 27.3 Å². The van der Waals surface area contributed by atoms with Crippen LogP contribution in [0.5, 0.6) is 0 Å². The fourth-order valence-electron chi connectivity index (χ4n) is 2.80. The lowest BCUT2D eigenvalue weighted by Crippen LogP contribution is -2.30. The molecule has 0 unspecified atom stereocenters. The van der Waals surface area contributed by atoms with Gasteiger partial charge in [-0.15, -0.1) is 0 Å². The van der Waals surface area contributed by atoms with Gasteiger partial charge in [0.25, 0.3) is 11.5 Å². The molecule has 0 radical (unpaired) electrons. The number of hydrogen-bond donors (Lipinski definition) is 3. The highest BCUT2D eigenvalue weighted by molar-refractivity contribution is 7.07. The molecule has 0 atom stereocenters. The third-order valence-electron chi connectivity index (χ3n) is 4.65. The second kappa shape index (κ2) is 13.0. The van der Waals surface area contributed by atoms with E-state index < -0.39 is 5.91 Å². The summed E-state index contributed by atoms with van der Waals surface area (Å²) in [4.78, 5) is 38.7. The molecule has 0 aliphatic rings. The minimum Gasteiger partial charge on any atom is -0.355 e. The van der Waals surface area contributed by atoms with Crippen molar-refractivity contribution in [3.8, 4) is 6.07 Å². The minimum atomic E-state index is -0.537. The normalized spacial score (nSPS) is 10.0. The Morgan fingerprint density at radius 2 is 1.97 bits per heavy atom. The van der Waals surface area contributed by atoms with E-state index in [1.807, 2.05) is 31.0 Å². The van der Waals surface area contributed by atoms with E-state index in [9.17, 15) is 19.6 Å². The van der Waals surface area contributed by atoms with E-state index in [2.05, 4.69) is 27.4 Å². The fraction of sp³-hybridized carbons (Fsp3) is 0.333. The van der Waals surface area contributed by atoms with Crippen LogP contribution >= 0.6 is 11.3 Å². The number of carbonyl (C=O) groups is 2. The molecule has 1 heterocycles. The maximum Gasteiger partial charge on any atom is 0.277 e.